The van der Waals surface area contributed by atoms with Crippen molar-refractivity contribution in [1.29, 1.82) is 0 Å². The maximum Gasteiger partial charge on any atom is 0.408 e. The number of benzene rings is 3. The van der Waals surface area contributed by atoms with Crippen molar-refractivity contribution < 1.29 is 33.1 Å². The van der Waals surface area contributed by atoms with E-state index in [1.807, 2.05) is 111 Å². The second-order valence-electron chi connectivity index (χ2n) is 11.2. The fourth-order valence-electron chi connectivity index (χ4n) is 4.60. The molecule has 42 heavy (non-hydrogen) atoms. The summed E-state index contributed by atoms with van der Waals surface area (Å²) in [5, 5.41) is 3.95. The second-order valence-corrected chi connectivity index (χ2v) is 15.6. The lowest BCUT2D eigenvalue weighted by Gasteiger charge is -2.50. The lowest BCUT2D eigenvalue weighted by atomic mass is 9.88. The first kappa shape index (κ1) is 31.0. The van der Waals surface area contributed by atoms with E-state index in [4.69, 9.17) is 18.7 Å². The number of carbonyl (C=O) groups excluding carboxylic acids is 3. The van der Waals surface area contributed by atoms with E-state index in [-0.39, 0.29) is 45.1 Å². The highest BCUT2D eigenvalue weighted by Gasteiger charge is 2.56. The highest BCUT2D eigenvalue weighted by molar-refractivity contribution is 6.70. The number of esters is 1. The number of nitrogens with zero attached hydrogens (tertiary/aromatic N) is 1. The summed E-state index contributed by atoms with van der Waals surface area (Å²) in [5.74, 6) is -0.925. The standard InChI is InChI=1S/C32H38N2O7Si/c1-42(2,3)41-32(24-34(30(32)36)40-23-27-17-11-6-12-18-27)20-19-28(29(35)38-21-25-13-7-4-8-14-25)33-31(37)39-22-26-15-9-5-10-16-26/h4-18,28H,19-24H2,1-3H3,(H,33,37)/t28-,32-/m0/s1. The van der Waals surface area contributed by atoms with Gasteiger partial charge in [-0.1, -0.05) is 91.0 Å². The molecular formula is C32H38N2O7Si. The van der Waals surface area contributed by atoms with Gasteiger partial charge >= 0.3 is 12.1 Å². The van der Waals surface area contributed by atoms with Gasteiger partial charge in [0.25, 0.3) is 5.91 Å². The van der Waals surface area contributed by atoms with Crippen molar-refractivity contribution in [2.75, 3.05) is 6.54 Å². The van der Waals surface area contributed by atoms with Gasteiger partial charge in [0, 0.05) is 0 Å². The topological polar surface area (TPSA) is 103 Å². The van der Waals surface area contributed by atoms with Crippen molar-refractivity contribution in [3.05, 3.63) is 108 Å². The summed E-state index contributed by atoms with van der Waals surface area (Å²) in [6.45, 7) is 6.56. The van der Waals surface area contributed by atoms with Gasteiger partial charge < -0.3 is 19.2 Å². The minimum Gasteiger partial charge on any atom is -0.459 e. The Bertz CT molecular complexity index is 1320. The van der Waals surface area contributed by atoms with Crippen LogP contribution in [0.5, 0.6) is 0 Å². The minimum atomic E-state index is -2.19. The molecule has 222 valence electrons. The van der Waals surface area contributed by atoms with E-state index in [0.717, 1.165) is 16.7 Å². The summed E-state index contributed by atoms with van der Waals surface area (Å²) < 4.78 is 17.3. The number of rotatable bonds is 14. The molecule has 1 N–H and O–H groups in total. The predicted octanol–water partition coefficient (Wildman–Crippen LogP) is 5.37. The van der Waals surface area contributed by atoms with Crippen LogP contribution in [0.25, 0.3) is 0 Å². The number of hydrogen-bond donors (Lipinski definition) is 1. The summed E-state index contributed by atoms with van der Waals surface area (Å²) in [4.78, 5) is 45.1. The third-order valence-electron chi connectivity index (χ3n) is 6.60. The number of hydrogen-bond acceptors (Lipinski definition) is 7. The van der Waals surface area contributed by atoms with E-state index < -0.39 is 32.0 Å². The lowest BCUT2D eigenvalue weighted by molar-refractivity contribution is -0.255. The zero-order valence-corrected chi connectivity index (χ0v) is 25.3. The zero-order chi connectivity index (χ0) is 30.0. The van der Waals surface area contributed by atoms with Crippen LogP contribution in [0, 0.1) is 0 Å². The Balaban J connectivity index is 1.42. The highest BCUT2D eigenvalue weighted by atomic mass is 28.4. The van der Waals surface area contributed by atoms with E-state index in [9.17, 15) is 14.4 Å². The van der Waals surface area contributed by atoms with Gasteiger partial charge in [-0.3, -0.25) is 9.63 Å². The summed E-state index contributed by atoms with van der Waals surface area (Å²) in [7, 11) is -2.19. The molecule has 0 saturated carbocycles. The minimum absolute atomic E-state index is 0.0489. The van der Waals surface area contributed by atoms with Crippen LogP contribution in [-0.4, -0.2) is 49.5 Å². The van der Waals surface area contributed by atoms with Gasteiger partial charge in [0.15, 0.2) is 13.9 Å². The number of β-lactam (4-membered cyclic amide) rings is 1. The van der Waals surface area contributed by atoms with Crippen LogP contribution >= 0.6 is 0 Å². The van der Waals surface area contributed by atoms with Crippen molar-refractivity contribution in [1.82, 2.24) is 10.4 Å². The van der Waals surface area contributed by atoms with Crippen LogP contribution in [0.2, 0.25) is 19.6 Å². The van der Waals surface area contributed by atoms with Crippen molar-refractivity contribution in [3.63, 3.8) is 0 Å². The molecule has 0 aromatic heterocycles. The molecule has 3 aromatic rings. The van der Waals surface area contributed by atoms with Gasteiger partial charge in [0.05, 0.1) is 6.54 Å². The molecule has 1 aliphatic heterocycles. The van der Waals surface area contributed by atoms with Crippen molar-refractivity contribution in [3.8, 4) is 0 Å². The molecule has 0 radical (unpaired) electrons. The number of hydroxylamine groups is 2. The Morgan fingerprint density at radius 1 is 0.810 bits per heavy atom. The zero-order valence-electron chi connectivity index (χ0n) is 24.3. The quantitative estimate of drug-likeness (QED) is 0.153. The Kier molecular flexibility index (Phi) is 10.5. The van der Waals surface area contributed by atoms with E-state index in [0.29, 0.717) is 0 Å². The third-order valence-corrected chi connectivity index (χ3v) is 7.60. The Morgan fingerprint density at radius 3 is 1.81 bits per heavy atom. The van der Waals surface area contributed by atoms with E-state index in [1.54, 1.807) is 0 Å². The lowest BCUT2D eigenvalue weighted by Crippen LogP contribution is -2.70. The van der Waals surface area contributed by atoms with Crippen LogP contribution in [-0.2, 0) is 48.1 Å². The van der Waals surface area contributed by atoms with Gasteiger partial charge in [-0.05, 0) is 49.2 Å². The smallest absolute Gasteiger partial charge is 0.408 e. The second kappa shape index (κ2) is 14.3. The van der Waals surface area contributed by atoms with E-state index >= 15 is 0 Å². The Morgan fingerprint density at radius 2 is 1.31 bits per heavy atom. The summed E-state index contributed by atoms with van der Waals surface area (Å²) in [6, 6.07) is 27.0. The maximum atomic E-state index is 13.4. The Labute approximate surface area is 247 Å². The molecule has 4 rings (SSSR count). The first-order chi connectivity index (χ1) is 20.1. The predicted molar refractivity (Wildman–Crippen MR) is 159 cm³/mol. The summed E-state index contributed by atoms with van der Waals surface area (Å²) >= 11 is 0. The molecule has 3 aromatic carbocycles. The number of amides is 2. The molecule has 0 unspecified atom stereocenters. The molecule has 0 bridgehead atoms. The molecule has 1 fully saturated rings. The van der Waals surface area contributed by atoms with Crippen LogP contribution in [0.4, 0.5) is 4.79 Å². The van der Waals surface area contributed by atoms with Crippen molar-refractivity contribution in [2.45, 2.75) is 63.9 Å². The third kappa shape index (κ3) is 9.00. The van der Waals surface area contributed by atoms with Crippen molar-refractivity contribution in [2.24, 2.45) is 0 Å². The average Bonchev–Trinajstić information content (AvgIpc) is 2.99. The molecule has 0 aliphatic carbocycles. The van der Waals surface area contributed by atoms with Crippen molar-refractivity contribution >= 4 is 26.3 Å². The van der Waals surface area contributed by atoms with Gasteiger partial charge in [0.1, 0.15) is 25.9 Å². The van der Waals surface area contributed by atoms with Crippen LogP contribution < -0.4 is 5.32 Å². The molecule has 1 aliphatic rings. The van der Waals surface area contributed by atoms with Gasteiger partial charge in [0.2, 0.25) is 0 Å². The molecule has 9 nitrogen and oxygen atoms in total. The molecular weight excluding hydrogens is 552 g/mol. The van der Waals surface area contributed by atoms with Gasteiger partial charge in [-0.15, -0.1) is 0 Å². The Hall–Kier alpha value is -3.99. The van der Waals surface area contributed by atoms with Crippen LogP contribution in [0.1, 0.15) is 29.5 Å². The van der Waals surface area contributed by atoms with Crippen LogP contribution in [0.3, 0.4) is 0 Å². The molecule has 2 amide bonds. The fourth-order valence-corrected chi connectivity index (χ4v) is 6.03. The number of carbonyl (C=O) groups is 3. The first-order valence-electron chi connectivity index (χ1n) is 14.0. The molecule has 1 saturated heterocycles. The van der Waals surface area contributed by atoms with E-state index in [1.165, 1.54) is 5.06 Å². The molecule has 2 atom stereocenters. The highest BCUT2D eigenvalue weighted by Crippen LogP contribution is 2.36. The first-order valence-corrected chi connectivity index (χ1v) is 17.4. The fraction of sp³-hybridized carbons (Fsp3) is 0.344. The SMILES string of the molecule is C[Si](C)(C)O[C@@]1(CC[C@H](NC(=O)OCc2ccccc2)C(=O)OCc2ccccc2)CN(OCc2ccccc2)C1=O. The summed E-state index contributed by atoms with van der Waals surface area (Å²) in [5.41, 5.74) is 1.41. The number of ether oxygens (including phenoxy) is 2. The maximum absolute atomic E-state index is 13.4. The molecule has 0 spiro atoms. The average molecular weight is 591 g/mol. The largest absolute Gasteiger partial charge is 0.459 e. The molecule has 10 heteroatoms. The van der Waals surface area contributed by atoms with Crippen LogP contribution in [0.15, 0.2) is 91.0 Å². The number of nitrogens with one attached hydrogen (secondary N) is 1. The molecule has 1 heterocycles. The summed E-state index contributed by atoms with van der Waals surface area (Å²) in [6.07, 6.45) is -0.462. The monoisotopic (exact) mass is 590 g/mol. The normalized spacial score (nSPS) is 17.2. The van der Waals surface area contributed by atoms with E-state index in [2.05, 4.69) is 5.32 Å². The van der Waals surface area contributed by atoms with Gasteiger partial charge in [-0.2, -0.15) is 0 Å². The number of alkyl carbamates (subject to hydrolysis) is 1. The van der Waals surface area contributed by atoms with Gasteiger partial charge in [-0.25, -0.2) is 14.7 Å².